The van der Waals surface area contributed by atoms with E-state index in [4.69, 9.17) is 15.6 Å². The zero-order valence-corrected chi connectivity index (χ0v) is 9.82. The molecule has 0 radical (unpaired) electrons. The number of ether oxygens (including phenoxy) is 1. The molecule has 15 heavy (non-hydrogen) atoms. The van der Waals surface area contributed by atoms with E-state index in [0.717, 1.165) is 10.0 Å². The van der Waals surface area contributed by atoms with Crippen LogP contribution in [0.1, 0.15) is 5.56 Å². The summed E-state index contributed by atoms with van der Waals surface area (Å²) in [7, 11) is 1.54. The maximum absolute atomic E-state index is 10.6. The van der Waals surface area contributed by atoms with Crippen LogP contribution in [-0.4, -0.2) is 24.2 Å². The molecule has 0 saturated carbocycles. The van der Waals surface area contributed by atoms with Crippen LogP contribution in [0, 0.1) is 0 Å². The van der Waals surface area contributed by atoms with Gasteiger partial charge in [-0.1, -0.05) is 15.9 Å². The minimum atomic E-state index is -1.02. The fourth-order valence-corrected chi connectivity index (χ4v) is 1.64. The molecule has 1 aromatic carbocycles. The molecule has 0 amide bonds. The van der Waals surface area contributed by atoms with Crippen LogP contribution in [0.4, 0.5) is 0 Å². The van der Waals surface area contributed by atoms with Gasteiger partial charge < -0.3 is 15.6 Å². The number of aliphatic carboxylic acids is 1. The molecule has 5 heteroatoms. The molecule has 0 saturated heterocycles. The Kier molecular flexibility index (Phi) is 4.11. The zero-order valence-electron chi connectivity index (χ0n) is 8.24. The molecule has 1 atom stereocenters. The first-order chi connectivity index (χ1) is 7.04. The SMILES string of the molecule is COc1ccc(Br)cc1CC(N)C(=O)O. The summed E-state index contributed by atoms with van der Waals surface area (Å²) in [6.07, 6.45) is 0.248. The average molecular weight is 274 g/mol. The van der Waals surface area contributed by atoms with Gasteiger partial charge in [0.2, 0.25) is 0 Å². The number of hydrogen-bond donors (Lipinski definition) is 2. The third-order valence-corrected chi connectivity index (χ3v) is 2.49. The standard InChI is InChI=1S/C10H12BrNO3/c1-15-9-3-2-7(11)4-6(9)5-8(12)10(13)14/h2-4,8H,5,12H2,1H3,(H,13,14). The van der Waals surface area contributed by atoms with E-state index in [9.17, 15) is 4.79 Å². The van der Waals surface area contributed by atoms with Gasteiger partial charge in [0.1, 0.15) is 11.8 Å². The van der Waals surface area contributed by atoms with Crippen LogP contribution >= 0.6 is 15.9 Å². The molecule has 0 aliphatic heterocycles. The number of carboxylic acids is 1. The lowest BCUT2D eigenvalue weighted by molar-refractivity contribution is -0.138. The largest absolute Gasteiger partial charge is 0.496 e. The smallest absolute Gasteiger partial charge is 0.320 e. The Morgan fingerprint density at radius 3 is 2.87 bits per heavy atom. The second-order valence-electron chi connectivity index (χ2n) is 3.11. The van der Waals surface area contributed by atoms with Gasteiger partial charge in [0.15, 0.2) is 0 Å². The Morgan fingerprint density at radius 2 is 2.33 bits per heavy atom. The maximum atomic E-state index is 10.6. The van der Waals surface area contributed by atoms with Crippen molar-refractivity contribution in [2.75, 3.05) is 7.11 Å². The molecule has 0 aliphatic carbocycles. The Hall–Kier alpha value is -1.07. The fraction of sp³-hybridized carbons (Fsp3) is 0.300. The molecule has 82 valence electrons. The predicted octanol–water partition coefficient (Wildman–Crippen LogP) is 1.41. The van der Waals surface area contributed by atoms with Crippen LogP contribution in [0.2, 0.25) is 0 Å². The molecular formula is C10H12BrNO3. The van der Waals surface area contributed by atoms with E-state index >= 15 is 0 Å². The van der Waals surface area contributed by atoms with Crippen LogP contribution in [0.15, 0.2) is 22.7 Å². The highest BCUT2D eigenvalue weighted by molar-refractivity contribution is 9.10. The lowest BCUT2D eigenvalue weighted by Gasteiger charge is -2.11. The van der Waals surface area contributed by atoms with Crippen molar-refractivity contribution in [3.8, 4) is 5.75 Å². The van der Waals surface area contributed by atoms with Crippen molar-refractivity contribution >= 4 is 21.9 Å². The zero-order chi connectivity index (χ0) is 11.4. The number of hydrogen-bond acceptors (Lipinski definition) is 3. The Morgan fingerprint density at radius 1 is 1.67 bits per heavy atom. The van der Waals surface area contributed by atoms with Crippen LogP contribution < -0.4 is 10.5 Å². The lowest BCUT2D eigenvalue weighted by atomic mass is 10.1. The highest BCUT2D eigenvalue weighted by Gasteiger charge is 2.15. The van der Waals surface area contributed by atoms with Gasteiger partial charge in [-0.3, -0.25) is 4.79 Å². The van der Waals surface area contributed by atoms with Crippen molar-refractivity contribution in [2.24, 2.45) is 5.73 Å². The average Bonchev–Trinajstić information content (AvgIpc) is 2.18. The van der Waals surface area contributed by atoms with Gasteiger partial charge in [0, 0.05) is 10.9 Å². The minimum Gasteiger partial charge on any atom is -0.496 e. The summed E-state index contributed by atoms with van der Waals surface area (Å²) >= 11 is 3.31. The third kappa shape index (κ3) is 3.21. The number of methoxy groups -OCH3 is 1. The van der Waals surface area contributed by atoms with Crippen molar-refractivity contribution in [3.63, 3.8) is 0 Å². The number of carbonyl (C=O) groups is 1. The summed E-state index contributed by atoms with van der Waals surface area (Å²) in [5.74, 6) is -0.369. The van der Waals surface area contributed by atoms with E-state index in [1.54, 1.807) is 13.2 Å². The number of rotatable bonds is 4. The second kappa shape index (κ2) is 5.14. The topological polar surface area (TPSA) is 72.5 Å². The third-order valence-electron chi connectivity index (χ3n) is 2.00. The first-order valence-corrected chi connectivity index (χ1v) is 5.14. The van der Waals surface area contributed by atoms with Crippen molar-refractivity contribution in [1.29, 1.82) is 0 Å². The van der Waals surface area contributed by atoms with Crippen LogP contribution in [0.5, 0.6) is 5.75 Å². The quantitative estimate of drug-likeness (QED) is 0.870. The van der Waals surface area contributed by atoms with Gasteiger partial charge in [0.25, 0.3) is 0 Å². The van der Waals surface area contributed by atoms with E-state index in [2.05, 4.69) is 15.9 Å². The van der Waals surface area contributed by atoms with E-state index in [1.165, 1.54) is 0 Å². The first kappa shape index (κ1) is 12.0. The number of halogens is 1. The van der Waals surface area contributed by atoms with Gasteiger partial charge in [-0.05, 0) is 23.8 Å². The van der Waals surface area contributed by atoms with Crippen LogP contribution in [-0.2, 0) is 11.2 Å². The summed E-state index contributed by atoms with van der Waals surface area (Å²) in [6.45, 7) is 0. The maximum Gasteiger partial charge on any atom is 0.320 e. The Bertz CT molecular complexity index is 368. The van der Waals surface area contributed by atoms with Crippen molar-refractivity contribution < 1.29 is 14.6 Å². The molecule has 0 aliphatic rings. The van der Waals surface area contributed by atoms with E-state index in [0.29, 0.717) is 5.75 Å². The lowest BCUT2D eigenvalue weighted by Crippen LogP contribution is -2.32. The molecule has 1 unspecified atom stereocenters. The second-order valence-corrected chi connectivity index (χ2v) is 4.02. The van der Waals surface area contributed by atoms with Crippen LogP contribution in [0.25, 0.3) is 0 Å². The molecule has 0 bridgehead atoms. The fourth-order valence-electron chi connectivity index (χ4n) is 1.23. The molecule has 1 rings (SSSR count). The van der Waals surface area contributed by atoms with Gasteiger partial charge >= 0.3 is 5.97 Å². The van der Waals surface area contributed by atoms with E-state index < -0.39 is 12.0 Å². The van der Waals surface area contributed by atoms with Gasteiger partial charge in [0.05, 0.1) is 7.11 Å². The van der Waals surface area contributed by atoms with Gasteiger partial charge in [-0.2, -0.15) is 0 Å². The van der Waals surface area contributed by atoms with Crippen LogP contribution in [0.3, 0.4) is 0 Å². The molecule has 0 spiro atoms. The first-order valence-electron chi connectivity index (χ1n) is 4.35. The molecule has 0 heterocycles. The van der Waals surface area contributed by atoms with Crippen molar-refractivity contribution in [1.82, 2.24) is 0 Å². The summed E-state index contributed by atoms with van der Waals surface area (Å²) in [6, 6.07) is 4.50. The van der Waals surface area contributed by atoms with Crippen molar-refractivity contribution in [3.05, 3.63) is 28.2 Å². The Balaban J connectivity index is 2.91. The molecule has 3 N–H and O–H groups in total. The highest BCUT2D eigenvalue weighted by atomic mass is 79.9. The van der Waals surface area contributed by atoms with E-state index in [-0.39, 0.29) is 6.42 Å². The predicted molar refractivity (Wildman–Crippen MR) is 60.0 cm³/mol. The number of benzene rings is 1. The molecule has 0 fully saturated rings. The van der Waals surface area contributed by atoms with Gasteiger partial charge in [-0.25, -0.2) is 0 Å². The monoisotopic (exact) mass is 273 g/mol. The Labute approximate surface area is 96.2 Å². The summed E-state index contributed by atoms with van der Waals surface area (Å²) in [5, 5.41) is 8.70. The minimum absolute atomic E-state index is 0.248. The molecule has 4 nitrogen and oxygen atoms in total. The molecule has 1 aromatic rings. The van der Waals surface area contributed by atoms with Gasteiger partial charge in [-0.15, -0.1) is 0 Å². The number of carboxylic acid groups (broad SMARTS) is 1. The highest BCUT2D eigenvalue weighted by Crippen LogP contribution is 2.23. The van der Waals surface area contributed by atoms with Crippen molar-refractivity contribution in [2.45, 2.75) is 12.5 Å². The summed E-state index contributed by atoms with van der Waals surface area (Å²) < 4.78 is 5.98. The molecular weight excluding hydrogens is 262 g/mol. The summed E-state index contributed by atoms with van der Waals surface area (Å²) in [4.78, 5) is 10.6. The number of nitrogens with two attached hydrogens (primary N) is 1. The van der Waals surface area contributed by atoms with E-state index in [1.807, 2.05) is 12.1 Å². The molecule has 0 aromatic heterocycles. The summed E-state index contributed by atoms with van der Waals surface area (Å²) in [5.41, 5.74) is 6.23. The normalized spacial score (nSPS) is 12.2.